The molecule has 1 rings (SSSR count). The third-order valence-corrected chi connectivity index (χ3v) is 2.62. The number of hydrogen-bond donors (Lipinski definition) is 2. The topological polar surface area (TPSA) is 58.6 Å². The summed E-state index contributed by atoms with van der Waals surface area (Å²) in [5.41, 5.74) is 0. The SMILES string of the molecule is C=CCOC(=O)NCC1CCCC(O)C1. The predicted octanol–water partition coefficient (Wildman–Crippen LogP) is 1.45. The van der Waals surface area contributed by atoms with E-state index in [1.807, 2.05) is 0 Å². The Balaban J connectivity index is 2.12. The van der Waals surface area contributed by atoms with Crippen LogP contribution in [0.3, 0.4) is 0 Å². The summed E-state index contributed by atoms with van der Waals surface area (Å²) in [6.45, 7) is 4.28. The summed E-state index contributed by atoms with van der Waals surface area (Å²) in [6, 6.07) is 0. The zero-order chi connectivity index (χ0) is 11.1. The maximum absolute atomic E-state index is 11.1. The summed E-state index contributed by atoms with van der Waals surface area (Å²) in [6.07, 6.45) is 4.70. The molecule has 0 aromatic heterocycles. The van der Waals surface area contributed by atoms with Crippen LogP contribution in [0.15, 0.2) is 12.7 Å². The van der Waals surface area contributed by atoms with Crippen molar-refractivity contribution in [2.24, 2.45) is 5.92 Å². The van der Waals surface area contributed by atoms with Crippen molar-refractivity contribution in [1.29, 1.82) is 0 Å². The van der Waals surface area contributed by atoms with Crippen LogP contribution in [0.4, 0.5) is 4.79 Å². The van der Waals surface area contributed by atoms with E-state index in [0.717, 1.165) is 25.7 Å². The Hall–Kier alpha value is -1.03. The molecular formula is C11H19NO3. The van der Waals surface area contributed by atoms with Crippen LogP contribution in [0, 0.1) is 5.92 Å². The smallest absolute Gasteiger partial charge is 0.407 e. The lowest BCUT2D eigenvalue weighted by atomic mass is 9.87. The Bertz CT molecular complexity index is 218. The third kappa shape index (κ3) is 4.83. The van der Waals surface area contributed by atoms with Gasteiger partial charge in [0.2, 0.25) is 0 Å². The quantitative estimate of drug-likeness (QED) is 0.695. The second-order valence-electron chi connectivity index (χ2n) is 3.95. The van der Waals surface area contributed by atoms with Gasteiger partial charge in [-0.05, 0) is 25.2 Å². The number of carbonyl (C=O) groups excluding carboxylic acids is 1. The van der Waals surface area contributed by atoms with Crippen LogP contribution in [-0.4, -0.2) is 30.5 Å². The Morgan fingerprint density at radius 2 is 2.40 bits per heavy atom. The maximum atomic E-state index is 11.1. The van der Waals surface area contributed by atoms with E-state index in [0.29, 0.717) is 12.5 Å². The normalized spacial score (nSPS) is 25.7. The predicted molar refractivity (Wildman–Crippen MR) is 57.5 cm³/mol. The van der Waals surface area contributed by atoms with Crippen LogP contribution < -0.4 is 5.32 Å². The second-order valence-corrected chi connectivity index (χ2v) is 3.95. The molecule has 0 saturated heterocycles. The number of ether oxygens (including phenoxy) is 1. The van der Waals surface area contributed by atoms with Gasteiger partial charge < -0.3 is 15.2 Å². The number of carbonyl (C=O) groups is 1. The number of aliphatic hydroxyl groups excluding tert-OH is 1. The lowest BCUT2D eigenvalue weighted by molar-refractivity contribution is 0.0983. The zero-order valence-corrected chi connectivity index (χ0v) is 8.95. The van der Waals surface area contributed by atoms with E-state index in [1.54, 1.807) is 0 Å². The Kier molecular flexibility index (Phi) is 5.18. The molecule has 1 amide bonds. The number of rotatable bonds is 4. The number of amides is 1. The van der Waals surface area contributed by atoms with Crippen molar-refractivity contribution in [3.05, 3.63) is 12.7 Å². The molecule has 0 heterocycles. The minimum Gasteiger partial charge on any atom is -0.445 e. The van der Waals surface area contributed by atoms with Crippen LogP contribution in [0.1, 0.15) is 25.7 Å². The fourth-order valence-electron chi connectivity index (χ4n) is 1.86. The molecule has 1 aliphatic rings. The van der Waals surface area contributed by atoms with Gasteiger partial charge in [0.05, 0.1) is 6.10 Å². The van der Waals surface area contributed by atoms with Crippen molar-refractivity contribution in [3.63, 3.8) is 0 Å². The third-order valence-electron chi connectivity index (χ3n) is 2.62. The Morgan fingerprint density at radius 3 is 3.07 bits per heavy atom. The number of aliphatic hydroxyl groups is 1. The van der Waals surface area contributed by atoms with Gasteiger partial charge in [-0.25, -0.2) is 4.79 Å². The van der Waals surface area contributed by atoms with Crippen molar-refractivity contribution in [3.8, 4) is 0 Å². The molecule has 0 radical (unpaired) electrons. The van der Waals surface area contributed by atoms with Crippen molar-refractivity contribution in [2.75, 3.05) is 13.2 Å². The molecule has 1 aliphatic carbocycles. The first-order valence-corrected chi connectivity index (χ1v) is 5.42. The fourth-order valence-corrected chi connectivity index (χ4v) is 1.86. The van der Waals surface area contributed by atoms with Gasteiger partial charge >= 0.3 is 6.09 Å². The van der Waals surface area contributed by atoms with Crippen LogP contribution in [-0.2, 0) is 4.74 Å². The molecule has 0 bridgehead atoms. The molecule has 1 fully saturated rings. The monoisotopic (exact) mass is 213 g/mol. The number of hydrogen-bond acceptors (Lipinski definition) is 3. The summed E-state index contributed by atoms with van der Waals surface area (Å²) in [4.78, 5) is 11.1. The van der Waals surface area contributed by atoms with Crippen LogP contribution in [0.5, 0.6) is 0 Å². The van der Waals surface area contributed by atoms with Crippen LogP contribution >= 0.6 is 0 Å². The molecule has 2 atom stereocenters. The van der Waals surface area contributed by atoms with E-state index < -0.39 is 6.09 Å². The molecule has 0 aliphatic heterocycles. The molecule has 86 valence electrons. The molecule has 0 aromatic carbocycles. The summed E-state index contributed by atoms with van der Waals surface area (Å²) in [5, 5.41) is 12.1. The highest BCUT2D eigenvalue weighted by Crippen LogP contribution is 2.23. The molecule has 0 aromatic rings. The van der Waals surface area contributed by atoms with E-state index in [-0.39, 0.29) is 12.7 Å². The van der Waals surface area contributed by atoms with Gasteiger partial charge in [-0.1, -0.05) is 19.1 Å². The minimum absolute atomic E-state index is 0.199. The zero-order valence-electron chi connectivity index (χ0n) is 8.95. The molecular weight excluding hydrogens is 194 g/mol. The lowest BCUT2D eigenvalue weighted by Crippen LogP contribution is -2.33. The average Bonchev–Trinajstić information content (AvgIpc) is 2.23. The van der Waals surface area contributed by atoms with Gasteiger partial charge in [-0.15, -0.1) is 0 Å². The van der Waals surface area contributed by atoms with E-state index in [1.165, 1.54) is 6.08 Å². The first kappa shape index (κ1) is 12.0. The van der Waals surface area contributed by atoms with E-state index in [9.17, 15) is 9.90 Å². The largest absolute Gasteiger partial charge is 0.445 e. The summed E-state index contributed by atoms with van der Waals surface area (Å²) >= 11 is 0. The van der Waals surface area contributed by atoms with Crippen molar-refractivity contribution >= 4 is 6.09 Å². The van der Waals surface area contributed by atoms with Crippen molar-refractivity contribution < 1.29 is 14.6 Å². The van der Waals surface area contributed by atoms with Crippen molar-refractivity contribution in [1.82, 2.24) is 5.32 Å². The standard InChI is InChI=1S/C11H19NO3/c1-2-6-15-11(14)12-8-9-4-3-5-10(13)7-9/h2,9-10,13H,1,3-8H2,(H,12,14). The molecule has 2 N–H and O–H groups in total. The highest BCUT2D eigenvalue weighted by molar-refractivity contribution is 5.67. The van der Waals surface area contributed by atoms with Gasteiger partial charge in [0, 0.05) is 6.54 Å². The first-order chi connectivity index (χ1) is 7.22. The molecule has 15 heavy (non-hydrogen) atoms. The van der Waals surface area contributed by atoms with E-state index in [2.05, 4.69) is 11.9 Å². The van der Waals surface area contributed by atoms with Gasteiger partial charge in [-0.2, -0.15) is 0 Å². The lowest BCUT2D eigenvalue weighted by Gasteiger charge is -2.25. The Labute approximate surface area is 90.3 Å². The molecule has 4 nitrogen and oxygen atoms in total. The van der Waals surface area contributed by atoms with E-state index >= 15 is 0 Å². The van der Waals surface area contributed by atoms with Gasteiger partial charge in [0.1, 0.15) is 6.61 Å². The average molecular weight is 213 g/mol. The fraction of sp³-hybridized carbons (Fsp3) is 0.727. The van der Waals surface area contributed by atoms with Crippen LogP contribution in [0.2, 0.25) is 0 Å². The number of alkyl carbamates (subject to hydrolysis) is 1. The highest BCUT2D eigenvalue weighted by atomic mass is 16.5. The maximum Gasteiger partial charge on any atom is 0.407 e. The van der Waals surface area contributed by atoms with Gasteiger partial charge in [0.25, 0.3) is 0 Å². The highest BCUT2D eigenvalue weighted by Gasteiger charge is 2.20. The summed E-state index contributed by atoms with van der Waals surface area (Å²) in [7, 11) is 0. The Morgan fingerprint density at radius 1 is 1.60 bits per heavy atom. The molecule has 2 unspecified atom stereocenters. The second kappa shape index (κ2) is 6.45. The van der Waals surface area contributed by atoms with Gasteiger partial charge in [-0.3, -0.25) is 0 Å². The van der Waals surface area contributed by atoms with Gasteiger partial charge in [0.15, 0.2) is 0 Å². The van der Waals surface area contributed by atoms with Crippen LogP contribution in [0.25, 0.3) is 0 Å². The van der Waals surface area contributed by atoms with Crippen molar-refractivity contribution in [2.45, 2.75) is 31.8 Å². The minimum atomic E-state index is -0.407. The summed E-state index contributed by atoms with van der Waals surface area (Å²) in [5.74, 6) is 0.380. The molecule has 0 spiro atoms. The number of nitrogens with one attached hydrogen (secondary N) is 1. The molecule has 1 saturated carbocycles. The molecule has 4 heteroatoms. The summed E-state index contributed by atoms with van der Waals surface area (Å²) < 4.78 is 4.78. The van der Waals surface area contributed by atoms with E-state index in [4.69, 9.17) is 4.74 Å². The first-order valence-electron chi connectivity index (χ1n) is 5.42.